The van der Waals surface area contributed by atoms with Gasteiger partial charge in [0.1, 0.15) is 11.6 Å². The van der Waals surface area contributed by atoms with E-state index in [2.05, 4.69) is 4.98 Å². The number of aromatic nitrogens is 2. The molecule has 1 N–H and O–H groups in total. The number of nitrogens with zero attached hydrogens (tertiary/aromatic N) is 2. The minimum Gasteiger partial charge on any atom is -0.506 e. The zero-order valence-electron chi connectivity index (χ0n) is 8.97. The molecule has 16 heavy (non-hydrogen) atoms. The molecule has 2 aromatic rings. The van der Waals surface area contributed by atoms with Crippen molar-refractivity contribution in [2.45, 2.75) is 12.8 Å². The van der Waals surface area contributed by atoms with E-state index in [0.29, 0.717) is 5.75 Å². The third kappa shape index (κ3) is 1.78. The van der Waals surface area contributed by atoms with Crippen molar-refractivity contribution in [3.05, 3.63) is 30.4 Å². The molecule has 4 heteroatoms. The molecule has 3 rings (SSSR count). The summed E-state index contributed by atoms with van der Waals surface area (Å²) in [5.74, 6) is 4.64. The summed E-state index contributed by atoms with van der Waals surface area (Å²) in [6, 6.07) is 3.60. The van der Waals surface area contributed by atoms with Crippen molar-refractivity contribution in [1.82, 2.24) is 9.38 Å². The summed E-state index contributed by atoms with van der Waals surface area (Å²) < 4.78 is 2.00. The lowest BCUT2D eigenvalue weighted by Crippen LogP contribution is -2.06. The summed E-state index contributed by atoms with van der Waals surface area (Å²) in [4.78, 5) is 4.44. The molecule has 1 aliphatic heterocycles. The van der Waals surface area contributed by atoms with Gasteiger partial charge in [-0.3, -0.25) is 0 Å². The lowest BCUT2D eigenvalue weighted by molar-refractivity contribution is 0.471. The van der Waals surface area contributed by atoms with Crippen molar-refractivity contribution in [2.24, 2.45) is 5.92 Å². The summed E-state index contributed by atoms with van der Waals surface area (Å²) >= 11 is 2.03. The fraction of sp³-hybridized carbons (Fsp3) is 0.417. The Morgan fingerprint density at radius 3 is 3.25 bits per heavy atom. The smallest absolute Gasteiger partial charge is 0.132 e. The van der Waals surface area contributed by atoms with Crippen LogP contribution in [-0.4, -0.2) is 26.0 Å². The predicted octanol–water partition coefficient (Wildman–Crippen LogP) is 2.34. The number of thioether (sulfide) groups is 1. The highest BCUT2D eigenvalue weighted by Gasteiger charge is 2.18. The summed E-state index contributed by atoms with van der Waals surface area (Å²) in [5.41, 5.74) is 1.05. The normalized spacial score (nSPS) is 20.6. The van der Waals surface area contributed by atoms with Crippen LogP contribution in [0, 0.1) is 5.92 Å². The van der Waals surface area contributed by atoms with Gasteiger partial charge in [0.25, 0.3) is 0 Å². The first-order valence-corrected chi connectivity index (χ1v) is 6.71. The van der Waals surface area contributed by atoms with Gasteiger partial charge in [-0.05, 0) is 36.0 Å². The van der Waals surface area contributed by atoms with Crippen LogP contribution in [-0.2, 0) is 6.42 Å². The molecule has 0 aromatic carbocycles. The van der Waals surface area contributed by atoms with Crippen LogP contribution in [0.15, 0.2) is 24.5 Å². The minimum absolute atomic E-state index is 0.299. The minimum atomic E-state index is 0.299. The Hall–Kier alpha value is -1.16. The molecule has 0 spiro atoms. The van der Waals surface area contributed by atoms with E-state index < -0.39 is 0 Å². The van der Waals surface area contributed by atoms with Crippen LogP contribution in [0.1, 0.15) is 12.2 Å². The van der Waals surface area contributed by atoms with Gasteiger partial charge in [0.05, 0.1) is 17.9 Å². The Morgan fingerprint density at radius 2 is 2.44 bits per heavy atom. The van der Waals surface area contributed by atoms with E-state index >= 15 is 0 Å². The maximum absolute atomic E-state index is 9.48. The summed E-state index contributed by atoms with van der Waals surface area (Å²) in [7, 11) is 0. The molecule has 0 aliphatic carbocycles. The van der Waals surface area contributed by atoms with Gasteiger partial charge in [0.15, 0.2) is 0 Å². The van der Waals surface area contributed by atoms with E-state index in [1.807, 2.05) is 28.4 Å². The molecule has 3 heterocycles. The maximum atomic E-state index is 9.48. The molecule has 0 saturated carbocycles. The molecule has 1 fully saturated rings. The highest BCUT2D eigenvalue weighted by Crippen LogP contribution is 2.26. The zero-order valence-corrected chi connectivity index (χ0v) is 9.78. The van der Waals surface area contributed by atoms with Gasteiger partial charge < -0.3 is 9.51 Å². The molecule has 1 atom stereocenters. The highest BCUT2D eigenvalue weighted by atomic mass is 32.2. The average Bonchev–Trinajstić information content (AvgIpc) is 2.90. The van der Waals surface area contributed by atoms with Crippen molar-refractivity contribution < 1.29 is 5.11 Å². The highest BCUT2D eigenvalue weighted by molar-refractivity contribution is 7.99. The second kappa shape index (κ2) is 4.01. The lowest BCUT2D eigenvalue weighted by atomic mass is 10.1. The SMILES string of the molecule is Oc1ccc2cnc(CC3CCSC3)n2c1. The number of hydrogen-bond acceptors (Lipinski definition) is 3. The van der Waals surface area contributed by atoms with E-state index in [-0.39, 0.29) is 0 Å². The number of fused-ring (bicyclic) bond motifs is 1. The third-order valence-electron chi connectivity index (χ3n) is 3.08. The molecule has 0 bridgehead atoms. The standard InChI is InChI=1S/C12H14N2OS/c15-11-2-1-10-6-13-12(14(10)7-11)5-9-3-4-16-8-9/h1-2,6-7,9,15H,3-5,8H2. The molecule has 84 valence electrons. The maximum Gasteiger partial charge on any atom is 0.132 e. The molecule has 0 radical (unpaired) electrons. The molecule has 3 nitrogen and oxygen atoms in total. The topological polar surface area (TPSA) is 37.5 Å². The second-order valence-electron chi connectivity index (χ2n) is 4.29. The van der Waals surface area contributed by atoms with E-state index in [0.717, 1.165) is 23.7 Å². The quantitative estimate of drug-likeness (QED) is 0.866. The average molecular weight is 234 g/mol. The summed E-state index contributed by atoms with van der Waals surface area (Å²) in [6.07, 6.45) is 5.93. The monoisotopic (exact) mass is 234 g/mol. The van der Waals surface area contributed by atoms with Gasteiger partial charge in [-0.15, -0.1) is 0 Å². The predicted molar refractivity (Wildman–Crippen MR) is 66.0 cm³/mol. The van der Waals surface area contributed by atoms with Crippen LogP contribution in [0.4, 0.5) is 0 Å². The van der Waals surface area contributed by atoms with Gasteiger partial charge in [0, 0.05) is 6.42 Å². The van der Waals surface area contributed by atoms with Crippen LogP contribution >= 0.6 is 11.8 Å². The van der Waals surface area contributed by atoms with Crippen molar-refractivity contribution >= 4 is 17.3 Å². The molecule has 1 aliphatic rings. The first-order valence-electron chi connectivity index (χ1n) is 5.55. The van der Waals surface area contributed by atoms with Gasteiger partial charge >= 0.3 is 0 Å². The first kappa shape index (κ1) is 10.0. The first-order chi connectivity index (χ1) is 7.83. The Balaban J connectivity index is 1.93. The second-order valence-corrected chi connectivity index (χ2v) is 5.44. The van der Waals surface area contributed by atoms with Gasteiger partial charge in [-0.2, -0.15) is 11.8 Å². The van der Waals surface area contributed by atoms with E-state index in [1.54, 1.807) is 12.3 Å². The van der Waals surface area contributed by atoms with Crippen LogP contribution in [0.5, 0.6) is 5.75 Å². The number of aromatic hydroxyl groups is 1. The number of pyridine rings is 1. The summed E-state index contributed by atoms with van der Waals surface area (Å²) in [5, 5.41) is 9.48. The van der Waals surface area contributed by atoms with Crippen LogP contribution < -0.4 is 0 Å². The fourth-order valence-electron chi connectivity index (χ4n) is 2.19. The van der Waals surface area contributed by atoms with Crippen molar-refractivity contribution in [2.75, 3.05) is 11.5 Å². The van der Waals surface area contributed by atoms with Crippen molar-refractivity contribution in [3.63, 3.8) is 0 Å². The molecule has 2 aromatic heterocycles. The van der Waals surface area contributed by atoms with Crippen LogP contribution in [0.3, 0.4) is 0 Å². The number of rotatable bonds is 2. The van der Waals surface area contributed by atoms with Gasteiger partial charge in [-0.1, -0.05) is 0 Å². The fourth-order valence-corrected chi connectivity index (χ4v) is 3.47. The third-order valence-corrected chi connectivity index (χ3v) is 4.32. The van der Waals surface area contributed by atoms with Crippen molar-refractivity contribution in [1.29, 1.82) is 0 Å². The van der Waals surface area contributed by atoms with Gasteiger partial charge in [0.2, 0.25) is 0 Å². The van der Waals surface area contributed by atoms with E-state index in [4.69, 9.17) is 0 Å². The lowest BCUT2D eigenvalue weighted by Gasteiger charge is -2.07. The zero-order chi connectivity index (χ0) is 11.0. The molecular formula is C12H14N2OS. The number of imidazole rings is 1. The van der Waals surface area contributed by atoms with Gasteiger partial charge in [-0.25, -0.2) is 4.98 Å². The number of hydrogen-bond donors (Lipinski definition) is 1. The van der Waals surface area contributed by atoms with Crippen LogP contribution in [0.25, 0.3) is 5.52 Å². The Labute approximate surface area is 98.5 Å². The molecule has 0 amide bonds. The van der Waals surface area contributed by atoms with Crippen LogP contribution in [0.2, 0.25) is 0 Å². The van der Waals surface area contributed by atoms with Crippen molar-refractivity contribution in [3.8, 4) is 5.75 Å². The largest absolute Gasteiger partial charge is 0.506 e. The Morgan fingerprint density at radius 1 is 1.50 bits per heavy atom. The Bertz CT molecular complexity index is 503. The van der Waals surface area contributed by atoms with E-state index in [9.17, 15) is 5.11 Å². The molecule has 1 unspecified atom stereocenters. The summed E-state index contributed by atoms with van der Waals surface area (Å²) in [6.45, 7) is 0. The Kier molecular flexibility index (Phi) is 2.52. The van der Waals surface area contributed by atoms with E-state index in [1.165, 1.54) is 17.9 Å². The molecule has 1 saturated heterocycles. The molecular weight excluding hydrogens is 220 g/mol.